The van der Waals surface area contributed by atoms with Crippen LogP contribution in [0.5, 0.6) is 5.75 Å². The number of benzene rings is 2. The molecule has 228 valence electrons. The highest BCUT2D eigenvalue weighted by molar-refractivity contribution is 6.00. The highest BCUT2D eigenvalue weighted by Crippen LogP contribution is 2.27. The average molecular weight is 595 g/mol. The fourth-order valence-electron chi connectivity index (χ4n) is 5.14. The number of hydrogen-bond donors (Lipinski definition) is 3. The summed E-state index contributed by atoms with van der Waals surface area (Å²) in [4.78, 5) is 65.0. The number of halogens is 1. The standard InChI is InChI=1S/C31H35FN4O7/c1-17(2)13-23(30(40)35-26(37)15-33)34-31(41)24-5-4-12-36(24)27(38)16-42-21-10-11-22-25(14-21)43-18(3)28(29(22)39)19-6-8-20(32)9-7-19/h6-11,14,17,23-24H,4-5,12-13,15-16,33H2,1-3H3,(H,34,41)(H,35,37,40)/t23-,24-/m1/s1. The number of ether oxygens (including phenoxy) is 1. The Labute approximate surface area is 247 Å². The Morgan fingerprint density at radius 3 is 2.53 bits per heavy atom. The molecule has 1 saturated heterocycles. The third-order valence-corrected chi connectivity index (χ3v) is 7.20. The molecule has 11 nitrogen and oxygen atoms in total. The number of fused-ring (bicyclic) bond motifs is 1. The van der Waals surface area contributed by atoms with E-state index >= 15 is 0 Å². The molecule has 2 heterocycles. The van der Waals surface area contributed by atoms with Crippen molar-refractivity contribution in [1.29, 1.82) is 0 Å². The van der Waals surface area contributed by atoms with Gasteiger partial charge in [0.1, 0.15) is 35.0 Å². The van der Waals surface area contributed by atoms with Crippen molar-refractivity contribution in [2.75, 3.05) is 19.7 Å². The summed E-state index contributed by atoms with van der Waals surface area (Å²) in [5.41, 5.74) is 6.12. The van der Waals surface area contributed by atoms with Crippen LogP contribution in [0.25, 0.3) is 22.1 Å². The Bertz CT molecular complexity index is 1590. The van der Waals surface area contributed by atoms with E-state index in [4.69, 9.17) is 14.9 Å². The molecule has 0 aliphatic carbocycles. The molecule has 3 aromatic rings. The highest BCUT2D eigenvalue weighted by atomic mass is 19.1. The lowest BCUT2D eigenvalue weighted by atomic mass is 10.0. The van der Waals surface area contributed by atoms with E-state index in [1.807, 2.05) is 13.8 Å². The SMILES string of the molecule is Cc1oc2cc(OCC(=O)N3CCC[C@@H]3C(=O)N[C@H](CC(C)C)C(=O)NC(=O)CN)ccc2c(=O)c1-c1ccc(F)cc1. The van der Waals surface area contributed by atoms with Crippen LogP contribution in [0.2, 0.25) is 0 Å². The van der Waals surface area contributed by atoms with Crippen LogP contribution in [0.3, 0.4) is 0 Å². The van der Waals surface area contributed by atoms with E-state index in [9.17, 15) is 28.4 Å². The van der Waals surface area contributed by atoms with Gasteiger partial charge in [-0.05, 0) is 61.9 Å². The van der Waals surface area contributed by atoms with E-state index in [0.717, 1.165) is 0 Å². The predicted octanol–water partition coefficient (Wildman–Crippen LogP) is 2.41. The molecule has 4 amide bonds. The molecule has 4 N–H and O–H groups in total. The fraction of sp³-hybridized carbons (Fsp3) is 0.387. The van der Waals surface area contributed by atoms with Crippen LogP contribution >= 0.6 is 0 Å². The van der Waals surface area contributed by atoms with Gasteiger partial charge in [-0.1, -0.05) is 26.0 Å². The van der Waals surface area contributed by atoms with Gasteiger partial charge in [0.2, 0.25) is 23.2 Å². The summed E-state index contributed by atoms with van der Waals surface area (Å²) < 4.78 is 25.0. The van der Waals surface area contributed by atoms with Crippen molar-refractivity contribution < 1.29 is 32.7 Å². The molecule has 2 atom stereocenters. The average Bonchev–Trinajstić information content (AvgIpc) is 3.46. The molecule has 1 fully saturated rings. The zero-order chi connectivity index (χ0) is 31.3. The van der Waals surface area contributed by atoms with Gasteiger partial charge in [0.15, 0.2) is 6.61 Å². The Balaban J connectivity index is 1.43. The largest absolute Gasteiger partial charge is 0.484 e. The normalized spacial score (nSPS) is 15.4. The summed E-state index contributed by atoms with van der Waals surface area (Å²) >= 11 is 0. The van der Waals surface area contributed by atoms with Crippen LogP contribution in [0.4, 0.5) is 4.39 Å². The van der Waals surface area contributed by atoms with E-state index in [1.54, 1.807) is 13.0 Å². The molecular formula is C31H35FN4O7. The van der Waals surface area contributed by atoms with Gasteiger partial charge in [0, 0.05) is 12.6 Å². The highest BCUT2D eigenvalue weighted by Gasteiger charge is 2.36. The first kappa shape index (κ1) is 31.4. The molecule has 0 spiro atoms. The molecular weight excluding hydrogens is 559 g/mol. The number of hydrogen-bond acceptors (Lipinski definition) is 8. The van der Waals surface area contributed by atoms with Crippen molar-refractivity contribution in [3.63, 3.8) is 0 Å². The fourth-order valence-corrected chi connectivity index (χ4v) is 5.14. The Morgan fingerprint density at radius 1 is 1.14 bits per heavy atom. The molecule has 0 radical (unpaired) electrons. The zero-order valence-corrected chi connectivity index (χ0v) is 24.3. The molecule has 2 aromatic carbocycles. The van der Waals surface area contributed by atoms with Crippen LogP contribution in [-0.4, -0.2) is 60.3 Å². The molecule has 0 bridgehead atoms. The van der Waals surface area contributed by atoms with Gasteiger partial charge in [-0.15, -0.1) is 0 Å². The minimum atomic E-state index is -0.962. The first-order valence-electron chi connectivity index (χ1n) is 14.1. The first-order chi connectivity index (χ1) is 20.5. The number of amides is 4. The number of nitrogens with zero attached hydrogens (tertiary/aromatic N) is 1. The van der Waals surface area contributed by atoms with Gasteiger partial charge in [-0.3, -0.25) is 29.3 Å². The second kappa shape index (κ2) is 13.6. The van der Waals surface area contributed by atoms with Gasteiger partial charge in [-0.25, -0.2) is 4.39 Å². The molecule has 4 rings (SSSR count). The van der Waals surface area contributed by atoms with Crippen LogP contribution in [0.15, 0.2) is 51.7 Å². The molecule has 0 unspecified atom stereocenters. The number of rotatable bonds is 10. The first-order valence-corrected chi connectivity index (χ1v) is 14.1. The quantitative estimate of drug-likeness (QED) is 0.323. The summed E-state index contributed by atoms with van der Waals surface area (Å²) in [7, 11) is 0. The Hall–Kier alpha value is -4.58. The van der Waals surface area contributed by atoms with Gasteiger partial charge in [0.05, 0.1) is 17.5 Å². The maximum absolute atomic E-state index is 13.4. The lowest BCUT2D eigenvalue weighted by Gasteiger charge is -2.27. The Morgan fingerprint density at radius 2 is 1.86 bits per heavy atom. The van der Waals surface area contributed by atoms with E-state index < -0.39 is 41.5 Å². The maximum atomic E-state index is 13.4. The van der Waals surface area contributed by atoms with Crippen molar-refractivity contribution in [2.45, 2.75) is 52.1 Å². The van der Waals surface area contributed by atoms with Crippen LogP contribution < -0.4 is 26.5 Å². The molecule has 0 saturated carbocycles. The molecule has 12 heteroatoms. The van der Waals surface area contributed by atoms with Crippen LogP contribution in [-0.2, 0) is 19.2 Å². The zero-order valence-electron chi connectivity index (χ0n) is 24.3. The van der Waals surface area contributed by atoms with Crippen molar-refractivity contribution in [3.8, 4) is 16.9 Å². The monoisotopic (exact) mass is 594 g/mol. The third-order valence-electron chi connectivity index (χ3n) is 7.20. The summed E-state index contributed by atoms with van der Waals surface area (Å²) in [6.45, 7) is 5.00. The van der Waals surface area contributed by atoms with Gasteiger partial charge >= 0.3 is 0 Å². The summed E-state index contributed by atoms with van der Waals surface area (Å²) in [6, 6.07) is 8.39. The van der Waals surface area contributed by atoms with Crippen molar-refractivity contribution >= 4 is 34.6 Å². The minimum Gasteiger partial charge on any atom is -0.484 e. The maximum Gasteiger partial charge on any atom is 0.261 e. The number of carbonyl (C=O) groups excluding carboxylic acids is 4. The summed E-state index contributed by atoms with van der Waals surface area (Å²) in [5.74, 6) is -1.96. The number of likely N-dealkylation sites (tertiary alicyclic amines) is 1. The van der Waals surface area contributed by atoms with Crippen molar-refractivity contribution in [1.82, 2.24) is 15.5 Å². The number of carbonyl (C=O) groups is 4. The van der Waals surface area contributed by atoms with Crippen LogP contribution in [0, 0.1) is 18.7 Å². The van der Waals surface area contributed by atoms with E-state index in [2.05, 4.69) is 10.6 Å². The smallest absolute Gasteiger partial charge is 0.261 e. The van der Waals surface area contributed by atoms with E-state index in [1.165, 1.54) is 41.3 Å². The van der Waals surface area contributed by atoms with Gasteiger partial charge in [0.25, 0.3) is 5.91 Å². The van der Waals surface area contributed by atoms with Crippen molar-refractivity contribution in [2.24, 2.45) is 11.7 Å². The number of nitrogens with two attached hydrogens (primary N) is 1. The Kier molecular flexibility index (Phi) is 9.92. The summed E-state index contributed by atoms with van der Waals surface area (Å²) in [5, 5.41) is 5.16. The van der Waals surface area contributed by atoms with Gasteiger partial charge < -0.3 is 25.1 Å². The number of imide groups is 1. The lowest BCUT2D eigenvalue weighted by Crippen LogP contribution is -2.55. The molecule has 1 aliphatic rings. The predicted molar refractivity (Wildman–Crippen MR) is 156 cm³/mol. The number of aryl methyl sites for hydroxylation is 1. The van der Waals surface area contributed by atoms with Crippen molar-refractivity contribution in [3.05, 3.63) is 64.3 Å². The summed E-state index contributed by atoms with van der Waals surface area (Å²) in [6.07, 6.45) is 1.29. The second-order valence-corrected chi connectivity index (χ2v) is 10.9. The van der Waals surface area contributed by atoms with E-state index in [-0.39, 0.29) is 35.8 Å². The molecule has 43 heavy (non-hydrogen) atoms. The van der Waals surface area contributed by atoms with E-state index in [0.29, 0.717) is 48.1 Å². The topological polar surface area (TPSA) is 161 Å². The minimum absolute atomic E-state index is 0.0448. The third kappa shape index (κ3) is 7.44. The van der Waals surface area contributed by atoms with Crippen LogP contribution in [0.1, 0.15) is 38.9 Å². The van der Waals surface area contributed by atoms with Gasteiger partial charge in [-0.2, -0.15) is 0 Å². The lowest BCUT2D eigenvalue weighted by molar-refractivity contribution is -0.141. The molecule has 1 aromatic heterocycles. The second-order valence-electron chi connectivity index (χ2n) is 10.9. The molecule has 1 aliphatic heterocycles. The number of nitrogens with one attached hydrogen (secondary N) is 2.